The smallest absolute Gasteiger partial charge is 0.326 e. The van der Waals surface area contributed by atoms with E-state index in [9.17, 15) is 88.5 Å². The highest BCUT2D eigenvalue weighted by molar-refractivity contribution is 5.94. The lowest BCUT2D eigenvalue weighted by Gasteiger charge is -2.48. The highest BCUT2D eigenvalue weighted by atomic mass is 16.7. The van der Waals surface area contributed by atoms with Crippen molar-refractivity contribution in [2.45, 2.75) is 210 Å². The van der Waals surface area contributed by atoms with Gasteiger partial charge in [-0.25, -0.2) is 9.59 Å². The van der Waals surface area contributed by atoms with E-state index in [4.69, 9.17) is 30.4 Å². The highest BCUT2D eigenvalue weighted by Crippen LogP contribution is 2.31. The molecule has 2 rings (SSSR count). The molecule has 81 heavy (non-hydrogen) atoms. The molecule has 18 atom stereocenters. The van der Waals surface area contributed by atoms with E-state index < -0.39 is 201 Å². The maximum absolute atomic E-state index is 13.6. The lowest BCUT2D eigenvalue weighted by Crippen LogP contribution is -2.70. The van der Waals surface area contributed by atoms with Crippen LogP contribution in [0.5, 0.6) is 0 Å². The topological polar surface area (TPSA) is 527 Å². The molecule has 20 N–H and O–H groups in total. The largest absolute Gasteiger partial charge is 0.480 e. The van der Waals surface area contributed by atoms with Crippen LogP contribution in [0.25, 0.3) is 0 Å². The molecular weight excluding hydrogens is 1080 g/mol. The third-order valence-corrected chi connectivity index (χ3v) is 12.9. The summed E-state index contributed by atoms with van der Waals surface area (Å²) in [5, 5.41) is 93.7. The number of amides is 9. The molecule has 33 nitrogen and oxygen atoms in total. The predicted octanol–water partition coefficient (Wildman–Crippen LogP) is -8.02. The van der Waals surface area contributed by atoms with E-state index in [1.165, 1.54) is 27.7 Å². The van der Waals surface area contributed by atoms with E-state index in [-0.39, 0.29) is 32.2 Å². The zero-order chi connectivity index (χ0) is 61.4. The van der Waals surface area contributed by atoms with Crippen molar-refractivity contribution in [3.8, 4) is 0 Å². The Hall–Kier alpha value is -6.27. The van der Waals surface area contributed by atoms with E-state index in [2.05, 4.69) is 47.9 Å². The third-order valence-electron chi connectivity index (χ3n) is 12.9. The predicted molar refractivity (Wildman–Crippen MR) is 277 cm³/mol. The molecule has 0 saturated carbocycles. The number of rotatable bonds is 34. The van der Waals surface area contributed by atoms with Crippen molar-refractivity contribution < 1.29 is 107 Å². The number of hydrogen-bond acceptors (Lipinski definition) is 22. The number of carbonyl (C=O) groups is 11. The zero-order valence-electron chi connectivity index (χ0n) is 46.3. The van der Waals surface area contributed by atoms with Gasteiger partial charge in [-0.15, -0.1) is 0 Å². The van der Waals surface area contributed by atoms with Crippen LogP contribution in [-0.2, 0) is 71.7 Å². The van der Waals surface area contributed by atoms with Gasteiger partial charge >= 0.3 is 11.9 Å². The summed E-state index contributed by atoms with van der Waals surface area (Å²) >= 11 is 0. The summed E-state index contributed by atoms with van der Waals surface area (Å²) < 4.78 is 23.2. The summed E-state index contributed by atoms with van der Waals surface area (Å²) in [5.74, 6) is -10.2. The average molecular weight is 1170 g/mol. The van der Waals surface area contributed by atoms with E-state index >= 15 is 0 Å². The van der Waals surface area contributed by atoms with Gasteiger partial charge in [-0.2, -0.15) is 0 Å². The maximum atomic E-state index is 13.6. The first-order chi connectivity index (χ1) is 38.0. The van der Waals surface area contributed by atoms with Gasteiger partial charge in [-0.05, 0) is 86.1 Å². The molecule has 0 spiro atoms. The van der Waals surface area contributed by atoms with Crippen molar-refractivity contribution >= 4 is 65.1 Å². The van der Waals surface area contributed by atoms with Crippen LogP contribution in [0.15, 0.2) is 0 Å². The molecule has 2 aliphatic heterocycles. The minimum atomic E-state index is -1.92. The number of hydrogen-bond donors (Lipinski definition) is 18. The van der Waals surface area contributed by atoms with Gasteiger partial charge in [0.1, 0.15) is 91.1 Å². The number of ether oxygens (including phenoxy) is 4. The number of carboxylic acid groups (broad SMARTS) is 2. The fourth-order valence-electron chi connectivity index (χ4n) is 8.26. The minimum Gasteiger partial charge on any atom is -0.480 e. The van der Waals surface area contributed by atoms with Crippen LogP contribution >= 0.6 is 0 Å². The van der Waals surface area contributed by atoms with Crippen LogP contribution in [0, 0.1) is 0 Å². The summed E-state index contributed by atoms with van der Waals surface area (Å²) in [5.41, 5.74) is 11.0. The second kappa shape index (κ2) is 34.9. The van der Waals surface area contributed by atoms with Gasteiger partial charge in [-0.3, -0.25) is 43.2 Å². The molecule has 2 fully saturated rings. The standard InChI is InChI=1S/C48H83N11O22/c1-20(50)39(67)52-21(2)40(68)51-17-11-9-12-27(44(72)54-23(4)42(70)58-28(45(73)74)13-8-10-16-49)57-32(64)15-14-29(46(75)76)59-41(69)22(3)53-43(71)24(5)78-38-34(56-26(7)63)47(77)79-31(19-61)37(38)81-48-33(55-25(6)62)36(66)35(65)30(18-60)80-48/h20-24,27-31,33-38,47-48,60-61,65-66,77H,8-19,49-50H2,1-7H3,(H,51,68)(H,52,67)(H,53,71)(H,54,72)(H,55,62)(H,56,63)(H,57,64)(H,58,70)(H,59,69)(H,73,74)(H,75,76). The molecular formula is C48H83N11O22. The molecule has 0 bridgehead atoms. The summed E-state index contributed by atoms with van der Waals surface area (Å²) in [6.45, 7) is 7.24. The van der Waals surface area contributed by atoms with Crippen LogP contribution in [-0.4, -0.2) is 237 Å². The molecule has 0 radical (unpaired) electrons. The molecule has 0 aromatic carbocycles. The zero-order valence-corrected chi connectivity index (χ0v) is 46.3. The normalized spacial score (nSPS) is 25.5. The number of nitrogens with one attached hydrogen (secondary N) is 9. The Balaban J connectivity index is 2.23. The van der Waals surface area contributed by atoms with E-state index in [1.54, 1.807) is 0 Å². The summed E-state index contributed by atoms with van der Waals surface area (Å²) in [7, 11) is 0. The Bertz CT molecular complexity index is 2150. The van der Waals surface area contributed by atoms with Crippen molar-refractivity contribution in [1.82, 2.24) is 47.9 Å². The van der Waals surface area contributed by atoms with Gasteiger partial charge in [0.05, 0.1) is 19.3 Å². The third kappa shape index (κ3) is 23.3. The number of carbonyl (C=O) groups excluding carboxylic acids is 9. The van der Waals surface area contributed by atoms with Gasteiger partial charge in [0, 0.05) is 26.8 Å². The van der Waals surface area contributed by atoms with Crippen LogP contribution in [0.3, 0.4) is 0 Å². The number of aliphatic hydroxyl groups excluding tert-OH is 5. The number of aliphatic hydroxyl groups is 5. The Morgan fingerprint density at radius 1 is 0.556 bits per heavy atom. The number of aliphatic carboxylic acids is 2. The first-order valence-corrected chi connectivity index (χ1v) is 26.4. The number of unbranched alkanes of at least 4 members (excludes halogenated alkanes) is 2. The summed E-state index contributed by atoms with van der Waals surface area (Å²) in [6.07, 6.45) is -15.1. The summed E-state index contributed by atoms with van der Waals surface area (Å²) in [4.78, 5) is 140. The van der Waals surface area contributed by atoms with Crippen LogP contribution in [0.2, 0.25) is 0 Å². The summed E-state index contributed by atoms with van der Waals surface area (Å²) in [6, 6.07) is -12.2. The molecule has 2 saturated heterocycles. The van der Waals surface area contributed by atoms with Crippen molar-refractivity contribution in [2.75, 3.05) is 26.3 Å². The molecule has 462 valence electrons. The molecule has 2 aliphatic rings. The quantitative estimate of drug-likeness (QED) is 0.0266. The first kappa shape index (κ1) is 70.8. The van der Waals surface area contributed by atoms with Gasteiger partial charge in [0.25, 0.3) is 0 Å². The van der Waals surface area contributed by atoms with Gasteiger partial charge in [-0.1, -0.05) is 0 Å². The van der Waals surface area contributed by atoms with Gasteiger partial charge in [0.2, 0.25) is 53.2 Å². The minimum absolute atomic E-state index is 0.0547. The molecule has 0 aromatic heterocycles. The number of carboxylic acids is 2. The van der Waals surface area contributed by atoms with Gasteiger partial charge < -0.3 is 114 Å². The average Bonchev–Trinajstić information content (AvgIpc) is 3.52. The second-order valence-corrected chi connectivity index (χ2v) is 19.8. The van der Waals surface area contributed by atoms with Crippen LogP contribution < -0.4 is 59.3 Å². The Labute approximate surface area is 466 Å². The van der Waals surface area contributed by atoms with Gasteiger partial charge in [0.15, 0.2) is 12.6 Å². The Morgan fingerprint density at radius 2 is 1.06 bits per heavy atom. The molecule has 9 amide bonds. The molecule has 0 aromatic rings. The van der Waals surface area contributed by atoms with E-state index in [0.29, 0.717) is 19.4 Å². The lowest BCUT2D eigenvalue weighted by molar-refractivity contribution is -0.333. The number of nitrogens with two attached hydrogens (primary N) is 2. The van der Waals surface area contributed by atoms with Crippen molar-refractivity contribution in [3.63, 3.8) is 0 Å². The highest BCUT2D eigenvalue weighted by Gasteiger charge is 2.53. The molecule has 33 heteroatoms. The van der Waals surface area contributed by atoms with Crippen LogP contribution in [0.1, 0.15) is 99.8 Å². The Kier molecular flexibility index (Phi) is 30.5. The van der Waals surface area contributed by atoms with Crippen molar-refractivity contribution in [3.05, 3.63) is 0 Å². The van der Waals surface area contributed by atoms with Crippen molar-refractivity contribution in [2.24, 2.45) is 11.5 Å². The maximum Gasteiger partial charge on any atom is 0.326 e. The first-order valence-electron chi connectivity index (χ1n) is 26.4. The van der Waals surface area contributed by atoms with Crippen molar-refractivity contribution in [1.29, 1.82) is 0 Å². The second-order valence-electron chi connectivity index (χ2n) is 19.8. The fourth-order valence-corrected chi connectivity index (χ4v) is 8.26. The SMILES string of the molecule is CC(=O)NC1C(OC2C(CO)OC(O)C(NC(C)=O)C2OC(C)C(=O)NC(C)C(=O)NC(CCC(=O)NC(CCCCNC(=O)C(C)NC(=O)C(C)N)C(=O)NC(C)C(=O)NC(CCCCN)C(=O)O)C(=O)O)OC(CO)C(O)C1O. The molecule has 2 heterocycles. The molecule has 0 aliphatic carbocycles. The van der Waals surface area contributed by atoms with Crippen LogP contribution in [0.4, 0.5) is 0 Å². The lowest BCUT2D eigenvalue weighted by atomic mass is 9.94. The molecule has 18 unspecified atom stereocenters. The fraction of sp³-hybridized carbons (Fsp3) is 0.771. The van der Waals surface area contributed by atoms with E-state index in [1.807, 2.05) is 0 Å². The van der Waals surface area contributed by atoms with E-state index in [0.717, 1.165) is 20.8 Å². The Morgan fingerprint density at radius 3 is 1.59 bits per heavy atom. The monoisotopic (exact) mass is 1170 g/mol.